The molecule has 1 fully saturated rings. The number of ether oxygens (including phenoxy) is 1. The maximum absolute atomic E-state index is 12.6. The maximum Gasteiger partial charge on any atom is 0.326 e. The Hall–Kier alpha value is -0.570. The summed E-state index contributed by atoms with van der Waals surface area (Å²) < 4.78 is 5.41. The fourth-order valence-corrected chi connectivity index (χ4v) is 3.65. The minimum Gasteiger partial charge on any atom is -0.465 e. The lowest BCUT2D eigenvalue weighted by atomic mass is 9.64. The highest BCUT2D eigenvalue weighted by Crippen LogP contribution is 2.42. The second-order valence-corrected chi connectivity index (χ2v) is 6.73. The number of carbonyl (C=O) groups is 1. The molecule has 0 radical (unpaired) electrons. The molecular formula is C16H31NO2. The first kappa shape index (κ1) is 16.5. The summed E-state index contributed by atoms with van der Waals surface area (Å²) in [4.78, 5) is 12.6. The molecule has 3 nitrogen and oxygen atoms in total. The first-order valence-electron chi connectivity index (χ1n) is 7.78. The van der Waals surface area contributed by atoms with E-state index in [1.165, 1.54) is 6.42 Å². The highest BCUT2D eigenvalue weighted by Gasteiger charge is 2.51. The van der Waals surface area contributed by atoms with Gasteiger partial charge in [0.15, 0.2) is 0 Å². The van der Waals surface area contributed by atoms with Crippen LogP contribution in [-0.2, 0) is 9.53 Å². The van der Waals surface area contributed by atoms with Gasteiger partial charge < -0.3 is 4.74 Å². The quantitative estimate of drug-likeness (QED) is 0.778. The molecule has 0 amide bonds. The van der Waals surface area contributed by atoms with Gasteiger partial charge in [-0.3, -0.25) is 10.1 Å². The van der Waals surface area contributed by atoms with Gasteiger partial charge in [0.25, 0.3) is 0 Å². The second kappa shape index (κ2) is 6.74. The molecule has 19 heavy (non-hydrogen) atoms. The molecule has 0 aromatic carbocycles. The second-order valence-electron chi connectivity index (χ2n) is 6.73. The van der Waals surface area contributed by atoms with Crippen LogP contribution in [0.1, 0.15) is 60.8 Å². The van der Waals surface area contributed by atoms with E-state index >= 15 is 0 Å². The summed E-state index contributed by atoms with van der Waals surface area (Å²) in [6.45, 7) is 13.2. The first-order valence-corrected chi connectivity index (χ1v) is 7.78. The van der Waals surface area contributed by atoms with Crippen LogP contribution in [0.15, 0.2) is 0 Å². The van der Waals surface area contributed by atoms with Crippen LogP contribution in [0.5, 0.6) is 0 Å². The number of rotatable bonds is 5. The fourth-order valence-electron chi connectivity index (χ4n) is 3.65. The van der Waals surface area contributed by atoms with Crippen molar-refractivity contribution in [2.75, 3.05) is 6.61 Å². The molecule has 3 unspecified atom stereocenters. The summed E-state index contributed by atoms with van der Waals surface area (Å²) >= 11 is 0. The van der Waals surface area contributed by atoms with Gasteiger partial charge >= 0.3 is 5.97 Å². The predicted molar refractivity (Wildman–Crippen MR) is 79.0 cm³/mol. The normalized spacial score (nSPS) is 31.8. The van der Waals surface area contributed by atoms with E-state index in [1.54, 1.807) is 0 Å². The number of hydrogen-bond acceptors (Lipinski definition) is 3. The van der Waals surface area contributed by atoms with Crippen molar-refractivity contribution in [3.05, 3.63) is 0 Å². The molecule has 0 heterocycles. The van der Waals surface area contributed by atoms with Crippen molar-refractivity contribution in [1.29, 1.82) is 0 Å². The van der Waals surface area contributed by atoms with Crippen LogP contribution in [0, 0.1) is 17.8 Å². The van der Waals surface area contributed by atoms with E-state index < -0.39 is 5.54 Å². The molecule has 0 bridgehead atoms. The molecule has 0 saturated heterocycles. The van der Waals surface area contributed by atoms with Gasteiger partial charge in [0.1, 0.15) is 5.54 Å². The average Bonchev–Trinajstić information content (AvgIpc) is 2.27. The van der Waals surface area contributed by atoms with Gasteiger partial charge in [-0.05, 0) is 51.4 Å². The van der Waals surface area contributed by atoms with E-state index in [4.69, 9.17) is 4.74 Å². The Labute approximate surface area is 118 Å². The molecule has 0 spiro atoms. The smallest absolute Gasteiger partial charge is 0.326 e. The first-order chi connectivity index (χ1) is 8.83. The zero-order valence-corrected chi connectivity index (χ0v) is 13.5. The third kappa shape index (κ3) is 3.71. The van der Waals surface area contributed by atoms with Crippen LogP contribution in [0.2, 0.25) is 0 Å². The van der Waals surface area contributed by atoms with Crippen LogP contribution in [0.25, 0.3) is 0 Å². The Morgan fingerprint density at radius 2 is 1.95 bits per heavy atom. The summed E-state index contributed by atoms with van der Waals surface area (Å²) in [6, 6.07) is 0.288. The van der Waals surface area contributed by atoms with E-state index in [0.717, 1.165) is 12.8 Å². The van der Waals surface area contributed by atoms with Crippen molar-refractivity contribution >= 4 is 5.97 Å². The van der Waals surface area contributed by atoms with E-state index in [-0.39, 0.29) is 12.0 Å². The SMILES string of the molecule is CCOC(=O)C1(NC(C)C)CC(C)CCC1C(C)C. The molecule has 1 saturated carbocycles. The molecule has 0 aromatic rings. The lowest BCUT2D eigenvalue weighted by Gasteiger charge is -2.47. The van der Waals surface area contributed by atoms with Crippen LogP contribution in [0.4, 0.5) is 0 Å². The van der Waals surface area contributed by atoms with Gasteiger partial charge in [-0.15, -0.1) is 0 Å². The minimum absolute atomic E-state index is 0.0473. The molecule has 112 valence electrons. The van der Waals surface area contributed by atoms with E-state index in [2.05, 4.69) is 39.9 Å². The summed E-state index contributed by atoms with van der Waals surface area (Å²) in [5.74, 6) is 1.38. The van der Waals surface area contributed by atoms with Gasteiger partial charge in [0.2, 0.25) is 0 Å². The molecule has 0 aromatic heterocycles. The van der Waals surface area contributed by atoms with Crippen molar-refractivity contribution in [2.24, 2.45) is 17.8 Å². The Kier molecular flexibility index (Phi) is 5.84. The predicted octanol–water partition coefficient (Wildman–Crippen LogP) is 3.38. The molecule has 1 rings (SSSR count). The topological polar surface area (TPSA) is 38.3 Å². The van der Waals surface area contributed by atoms with E-state index in [0.29, 0.717) is 24.4 Å². The molecule has 3 heteroatoms. The average molecular weight is 269 g/mol. The monoisotopic (exact) mass is 269 g/mol. The van der Waals surface area contributed by atoms with Gasteiger partial charge in [-0.25, -0.2) is 0 Å². The zero-order chi connectivity index (χ0) is 14.6. The number of hydrogen-bond donors (Lipinski definition) is 1. The van der Waals surface area contributed by atoms with Crippen molar-refractivity contribution in [2.45, 2.75) is 72.4 Å². The number of carbonyl (C=O) groups excluding carboxylic acids is 1. The molecule has 1 N–H and O–H groups in total. The fraction of sp³-hybridized carbons (Fsp3) is 0.938. The number of nitrogens with one attached hydrogen (secondary N) is 1. The van der Waals surface area contributed by atoms with E-state index in [1.807, 2.05) is 6.92 Å². The minimum atomic E-state index is -0.490. The molecule has 1 aliphatic carbocycles. The Morgan fingerprint density at radius 3 is 2.42 bits per heavy atom. The Morgan fingerprint density at radius 1 is 1.32 bits per heavy atom. The highest BCUT2D eigenvalue weighted by molar-refractivity contribution is 5.81. The summed E-state index contributed by atoms with van der Waals surface area (Å²) in [5, 5.41) is 3.57. The molecule has 1 aliphatic rings. The zero-order valence-electron chi connectivity index (χ0n) is 13.5. The third-order valence-electron chi connectivity index (χ3n) is 4.26. The van der Waals surface area contributed by atoms with Gasteiger partial charge in [0.05, 0.1) is 6.61 Å². The van der Waals surface area contributed by atoms with Crippen molar-refractivity contribution in [3.8, 4) is 0 Å². The van der Waals surface area contributed by atoms with Gasteiger partial charge in [-0.1, -0.05) is 27.2 Å². The van der Waals surface area contributed by atoms with E-state index in [9.17, 15) is 4.79 Å². The highest BCUT2D eigenvalue weighted by atomic mass is 16.5. The summed E-state index contributed by atoms with van der Waals surface area (Å²) in [7, 11) is 0. The standard InChI is InChI=1S/C16H31NO2/c1-7-19-15(18)16(17-12(4)5)10-13(6)8-9-14(16)11(2)3/h11-14,17H,7-10H2,1-6H3. The van der Waals surface area contributed by atoms with Crippen LogP contribution in [-0.4, -0.2) is 24.2 Å². The molecule has 3 atom stereocenters. The molecule has 0 aliphatic heterocycles. The molecular weight excluding hydrogens is 238 g/mol. The van der Waals surface area contributed by atoms with Crippen LogP contribution in [0.3, 0.4) is 0 Å². The van der Waals surface area contributed by atoms with Crippen molar-refractivity contribution in [3.63, 3.8) is 0 Å². The lowest BCUT2D eigenvalue weighted by Crippen LogP contribution is -2.63. The number of esters is 1. The van der Waals surface area contributed by atoms with Crippen LogP contribution < -0.4 is 5.32 Å². The summed E-state index contributed by atoms with van der Waals surface area (Å²) in [5.41, 5.74) is -0.490. The largest absolute Gasteiger partial charge is 0.465 e. The lowest BCUT2D eigenvalue weighted by molar-refractivity contribution is -0.158. The van der Waals surface area contributed by atoms with Gasteiger partial charge in [0, 0.05) is 6.04 Å². The van der Waals surface area contributed by atoms with Gasteiger partial charge in [-0.2, -0.15) is 0 Å². The Bertz CT molecular complexity index is 297. The third-order valence-corrected chi connectivity index (χ3v) is 4.26. The van der Waals surface area contributed by atoms with Crippen LogP contribution >= 0.6 is 0 Å². The summed E-state index contributed by atoms with van der Waals surface area (Å²) in [6.07, 6.45) is 3.22. The maximum atomic E-state index is 12.6. The van der Waals surface area contributed by atoms with Crippen molar-refractivity contribution < 1.29 is 9.53 Å². The van der Waals surface area contributed by atoms with Crippen molar-refractivity contribution in [1.82, 2.24) is 5.32 Å². The Balaban J connectivity index is 3.10.